The van der Waals surface area contributed by atoms with Gasteiger partial charge >= 0.3 is 0 Å². The molecular weight excluding hydrogens is 246 g/mol. The normalized spacial score (nSPS) is 10.8. The number of carbonyl (C=O) groups excluding carboxylic acids is 1. The molecule has 0 aliphatic heterocycles. The van der Waals surface area contributed by atoms with Crippen molar-refractivity contribution in [1.82, 2.24) is 9.88 Å². The molecule has 0 aliphatic rings. The Bertz CT molecular complexity index is 564. The maximum atomic E-state index is 12.3. The predicted octanol–water partition coefficient (Wildman–Crippen LogP) is 2.75. The number of thiazole rings is 1. The van der Waals surface area contributed by atoms with Crippen LogP contribution in [0.5, 0.6) is 0 Å². The van der Waals surface area contributed by atoms with E-state index in [1.54, 1.807) is 0 Å². The summed E-state index contributed by atoms with van der Waals surface area (Å²) in [6.07, 6.45) is 0.968. The number of benzene rings is 1. The minimum atomic E-state index is 0.0771. The van der Waals surface area contributed by atoms with Gasteiger partial charge < -0.3 is 10.6 Å². The van der Waals surface area contributed by atoms with Gasteiger partial charge in [-0.3, -0.25) is 4.79 Å². The van der Waals surface area contributed by atoms with Crippen molar-refractivity contribution in [1.29, 1.82) is 0 Å². The van der Waals surface area contributed by atoms with Gasteiger partial charge in [0, 0.05) is 18.7 Å². The highest BCUT2D eigenvalue weighted by Crippen LogP contribution is 2.25. The molecule has 2 N–H and O–H groups in total. The molecule has 0 fully saturated rings. The Labute approximate surface area is 110 Å². The van der Waals surface area contributed by atoms with Crippen LogP contribution >= 0.6 is 11.3 Å². The van der Waals surface area contributed by atoms with Crippen LogP contribution in [-0.4, -0.2) is 28.9 Å². The van der Waals surface area contributed by atoms with E-state index in [0.717, 1.165) is 29.7 Å². The molecule has 1 aromatic carbocycles. The van der Waals surface area contributed by atoms with Crippen LogP contribution in [-0.2, 0) is 0 Å². The minimum Gasteiger partial charge on any atom is -0.375 e. The van der Waals surface area contributed by atoms with Crippen LogP contribution in [0.1, 0.15) is 30.6 Å². The van der Waals surface area contributed by atoms with E-state index in [1.807, 2.05) is 30.0 Å². The third kappa shape index (κ3) is 2.46. The van der Waals surface area contributed by atoms with E-state index in [2.05, 4.69) is 11.9 Å². The van der Waals surface area contributed by atoms with Crippen molar-refractivity contribution in [3.05, 3.63) is 23.8 Å². The first-order valence-electron chi connectivity index (χ1n) is 6.11. The summed E-state index contributed by atoms with van der Waals surface area (Å²) in [6, 6.07) is 5.56. The first kappa shape index (κ1) is 12.8. The molecule has 0 aliphatic carbocycles. The number of amides is 1. The average Bonchev–Trinajstić information content (AvgIpc) is 2.74. The van der Waals surface area contributed by atoms with Crippen LogP contribution < -0.4 is 5.73 Å². The van der Waals surface area contributed by atoms with Crippen LogP contribution in [0.25, 0.3) is 10.2 Å². The largest absolute Gasteiger partial charge is 0.375 e. The van der Waals surface area contributed by atoms with Crippen molar-refractivity contribution in [3.8, 4) is 0 Å². The van der Waals surface area contributed by atoms with Crippen molar-refractivity contribution < 1.29 is 4.79 Å². The third-order valence-electron chi connectivity index (χ3n) is 2.81. The maximum Gasteiger partial charge on any atom is 0.253 e. The number of nitrogens with two attached hydrogens (primary N) is 1. The Kier molecular flexibility index (Phi) is 3.81. The monoisotopic (exact) mass is 263 g/mol. The van der Waals surface area contributed by atoms with E-state index in [1.165, 1.54) is 11.3 Å². The van der Waals surface area contributed by atoms with E-state index >= 15 is 0 Å². The molecule has 0 bridgehead atoms. The van der Waals surface area contributed by atoms with Crippen molar-refractivity contribution in [2.75, 3.05) is 18.8 Å². The molecule has 1 aromatic heterocycles. The summed E-state index contributed by atoms with van der Waals surface area (Å²) in [6.45, 7) is 5.59. The van der Waals surface area contributed by atoms with E-state index in [4.69, 9.17) is 5.73 Å². The first-order chi connectivity index (χ1) is 8.65. The Balaban J connectivity index is 2.32. The molecule has 1 amide bonds. The number of aromatic nitrogens is 1. The van der Waals surface area contributed by atoms with Gasteiger partial charge in [0.2, 0.25) is 0 Å². The molecule has 18 heavy (non-hydrogen) atoms. The summed E-state index contributed by atoms with van der Waals surface area (Å²) in [5.74, 6) is 0.0771. The summed E-state index contributed by atoms with van der Waals surface area (Å²) in [5.41, 5.74) is 7.23. The fourth-order valence-electron chi connectivity index (χ4n) is 1.93. The van der Waals surface area contributed by atoms with Crippen LogP contribution in [0.15, 0.2) is 18.2 Å². The van der Waals surface area contributed by atoms with E-state index in [0.29, 0.717) is 10.7 Å². The molecule has 0 radical (unpaired) electrons. The van der Waals surface area contributed by atoms with Gasteiger partial charge in [-0.15, -0.1) is 0 Å². The maximum absolute atomic E-state index is 12.3. The molecule has 0 atom stereocenters. The highest BCUT2D eigenvalue weighted by atomic mass is 32.1. The fraction of sp³-hybridized carbons (Fsp3) is 0.385. The van der Waals surface area contributed by atoms with Gasteiger partial charge in [0.1, 0.15) is 0 Å². The third-order valence-corrected chi connectivity index (χ3v) is 3.66. The van der Waals surface area contributed by atoms with Gasteiger partial charge in [-0.05, 0) is 31.5 Å². The van der Waals surface area contributed by atoms with Crippen molar-refractivity contribution in [2.24, 2.45) is 0 Å². The quantitative estimate of drug-likeness (QED) is 0.922. The zero-order valence-electron chi connectivity index (χ0n) is 10.6. The zero-order valence-corrected chi connectivity index (χ0v) is 11.5. The second-order valence-corrected chi connectivity index (χ2v) is 5.18. The first-order valence-corrected chi connectivity index (χ1v) is 6.92. The molecule has 0 spiro atoms. The predicted molar refractivity (Wildman–Crippen MR) is 75.9 cm³/mol. The second-order valence-electron chi connectivity index (χ2n) is 4.12. The highest BCUT2D eigenvalue weighted by molar-refractivity contribution is 7.22. The van der Waals surface area contributed by atoms with Gasteiger partial charge in [0.25, 0.3) is 5.91 Å². The number of fused-ring (bicyclic) bond motifs is 1. The van der Waals surface area contributed by atoms with E-state index < -0.39 is 0 Å². The summed E-state index contributed by atoms with van der Waals surface area (Å²) in [5, 5.41) is 0.538. The summed E-state index contributed by atoms with van der Waals surface area (Å²) < 4.78 is 0.964. The van der Waals surface area contributed by atoms with Crippen LogP contribution in [0.2, 0.25) is 0 Å². The number of anilines is 1. The Hall–Kier alpha value is -1.62. The molecule has 4 nitrogen and oxygen atoms in total. The summed E-state index contributed by atoms with van der Waals surface area (Å²) in [4.78, 5) is 18.3. The number of carbonyl (C=O) groups is 1. The average molecular weight is 263 g/mol. The van der Waals surface area contributed by atoms with E-state index in [9.17, 15) is 4.79 Å². The zero-order chi connectivity index (χ0) is 13.1. The molecule has 96 valence electrons. The summed E-state index contributed by atoms with van der Waals surface area (Å²) >= 11 is 1.41. The smallest absolute Gasteiger partial charge is 0.253 e. The van der Waals surface area contributed by atoms with E-state index in [-0.39, 0.29) is 5.91 Å². The number of hydrogen-bond acceptors (Lipinski definition) is 4. The van der Waals surface area contributed by atoms with Crippen molar-refractivity contribution in [2.45, 2.75) is 20.3 Å². The molecule has 0 saturated carbocycles. The number of nitrogen functional groups attached to an aromatic ring is 1. The summed E-state index contributed by atoms with van der Waals surface area (Å²) in [7, 11) is 0. The van der Waals surface area contributed by atoms with Gasteiger partial charge in [0.15, 0.2) is 5.13 Å². The van der Waals surface area contributed by atoms with Crippen LogP contribution in [0.3, 0.4) is 0 Å². The highest BCUT2D eigenvalue weighted by Gasteiger charge is 2.14. The number of nitrogens with zero attached hydrogens (tertiary/aromatic N) is 2. The molecule has 2 rings (SSSR count). The Morgan fingerprint density at radius 2 is 2.22 bits per heavy atom. The Morgan fingerprint density at radius 1 is 1.44 bits per heavy atom. The number of rotatable bonds is 4. The standard InChI is InChI=1S/C13H17N3OS/c1-3-7-16(4-2)12(17)9-5-6-10-11(8-9)18-13(14)15-10/h5-6,8H,3-4,7H2,1-2H3,(H2,14,15). The van der Waals surface area contributed by atoms with Crippen LogP contribution in [0.4, 0.5) is 5.13 Å². The lowest BCUT2D eigenvalue weighted by Crippen LogP contribution is -2.31. The molecule has 0 unspecified atom stereocenters. The molecule has 1 heterocycles. The lowest BCUT2D eigenvalue weighted by atomic mass is 10.2. The molecule has 0 saturated heterocycles. The van der Waals surface area contributed by atoms with Crippen molar-refractivity contribution >= 4 is 32.6 Å². The molecule has 5 heteroatoms. The van der Waals surface area contributed by atoms with Gasteiger partial charge in [-0.2, -0.15) is 0 Å². The molecular formula is C13H17N3OS. The second kappa shape index (κ2) is 5.35. The molecule has 2 aromatic rings. The SMILES string of the molecule is CCCN(CC)C(=O)c1ccc2nc(N)sc2c1. The Morgan fingerprint density at radius 3 is 2.89 bits per heavy atom. The lowest BCUT2D eigenvalue weighted by molar-refractivity contribution is 0.0764. The van der Waals surface area contributed by atoms with Gasteiger partial charge in [-0.1, -0.05) is 18.3 Å². The topological polar surface area (TPSA) is 59.2 Å². The van der Waals surface area contributed by atoms with Crippen LogP contribution in [0, 0.1) is 0 Å². The fourth-order valence-corrected chi connectivity index (χ4v) is 2.70. The van der Waals surface area contributed by atoms with Crippen molar-refractivity contribution in [3.63, 3.8) is 0 Å². The van der Waals surface area contributed by atoms with Gasteiger partial charge in [0.05, 0.1) is 10.2 Å². The van der Waals surface area contributed by atoms with Gasteiger partial charge in [-0.25, -0.2) is 4.98 Å². The number of hydrogen-bond donors (Lipinski definition) is 1. The lowest BCUT2D eigenvalue weighted by Gasteiger charge is -2.19. The minimum absolute atomic E-state index is 0.0771.